The van der Waals surface area contributed by atoms with Crippen molar-refractivity contribution >= 4 is 38.2 Å². The minimum absolute atomic E-state index is 0.0246. The van der Waals surface area contributed by atoms with Gasteiger partial charge in [0.2, 0.25) is 11.8 Å². The van der Waals surface area contributed by atoms with E-state index < -0.39 is 21.7 Å². The summed E-state index contributed by atoms with van der Waals surface area (Å²) in [5, 5.41) is 13.3. The van der Waals surface area contributed by atoms with E-state index >= 15 is 0 Å². The molecule has 0 spiro atoms. The second-order valence-electron chi connectivity index (χ2n) is 7.56. The maximum absolute atomic E-state index is 12.9. The number of aromatic nitrogens is 2. The van der Waals surface area contributed by atoms with Gasteiger partial charge in [0.25, 0.3) is 5.91 Å². The van der Waals surface area contributed by atoms with Gasteiger partial charge in [0, 0.05) is 24.6 Å². The lowest BCUT2D eigenvalue weighted by molar-refractivity contribution is -0.136. The van der Waals surface area contributed by atoms with E-state index in [1.807, 2.05) is 0 Å². The predicted molar refractivity (Wildman–Crippen MR) is 132 cm³/mol. The number of nitrogens with one attached hydrogen (secondary N) is 1. The van der Waals surface area contributed by atoms with E-state index in [0.717, 1.165) is 11.3 Å². The van der Waals surface area contributed by atoms with Crippen LogP contribution < -0.4 is 14.8 Å². The van der Waals surface area contributed by atoms with Crippen molar-refractivity contribution < 1.29 is 37.3 Å². The molecule has 0 aliphatic rings. The van der Waals surface area contributed by atoms with Gasteiger partial charge in [-0.1, -0.05) is 6.92 Å². The molecule has 3 aromatic rings. The molecule has 0 unspecified atom stereocenters. The second-order valence-corrected chi connectivity index (χ2v) is 10.7. The van der Waals surface area contributed by atoms with E-state index in [2.05, 4.69) is 15.3 Å². The summed E-state index contributed by atoms with van der Waals surface area (Å²) >= 11 is 1.10. The molecule has 1 atom stereocenters. The van der Waals surface area contributed by atoms with Crippen LogP contribution in [0.25, 0.3) is 0 Å². The monoisotopic (exact) mass is 535 g/mol. The maximum atomic E-state index is 12.9. The van der Waals surface area contributed by atoms with Gasteiger partial charge < -0.3 is 19.3 Å². The Kier molecular flexibility index (Phi) is 8.96. The predicted octanol–water partition coefficient (Wildman–Crippen LogP) is 3.42. The number of carboxylic acids is 1. The summed E-state index contributed by atoms with van der Waals surface area (Å²) in [6, 6.07) is 8.66. The van der Waals surface area contributed by atoms with Crippen LogP contribution in [-0.2, 0) is 25.8 Å². The van der Waals surface area contributed by atoms with E-state index in [1.165, 1.54) is 43.5 Å². The summed E-state index contributed by atoms with van der Waals surface area (Å²) in [4.78, 5) is 32.3. The zero-order valence-electron chi connectivity index (χ0n) is 19.8. The summed E-state index contributed by atoms with van der Waals surface area (Å²) < 4.78 is 40.7. The number of carbonyl (C=O) groups excluding carboxylic acids is 1. The first-order chi connectivity index (χ1) is 17.1. The topological polar surface area (TPSA) is 154 Å². The number of methoxy groups -OCH3 is 1. The Morgan fingerprint density at radius 2 is 1.83 bits per heavy atom. The van der Waals surface area contributed by atoms with Gasteiger partial charge in [0.05, 0.1) is 34.9 Å². The summed E-state index contributed by atoms with van der Waals surface area (Å²) in [6.07, 6.45) is -0.627. The largest absolute Gasteiger partial charge is 0.481 e. The first-order valence-electron chi connectivity index (χ1n) is 10.8. The molecule has 13 heteroatoms. The smallest absolute Gasteiger partial charge is 0.309 e. The Bertz CT molecular complexity index is 1320. The molecule has 3 rings (SSSR count). The van der Waals surface area contributed by atoms with Crippen molar-refractivity contribution in [1.29, 1.82) is 0 Å². The van der Waals surface area contributed by atoms with Crippen molar-refractivity contribution in [1.82, 2.24) is 9.97 Å². The Hall–Kier alpha value is -3.55. The number of benzene rings is 1. The Morgan fingerprint density at radius 3 is 2.47 bits per heavy atom. The van der Waals surface area contributed by atoms with Gasteiger partial charge in [-0.25, -0.2) is 13.4 Å². The molecule has 0 aliphatic heterocycles. The molecule has 192 valence electrons. The molecule has 0 bridgehead atoms. The Morgan fingerprint density at radius 1 is 1.14 bits per heavy atom. The van der Waals surface area contributed by atoms with Crippen molar-refractivity contribution in [2.45, 2.75) is 31.3 Å². The number of carbonyl (C=O) groups is 2. The van der Waals surface area contributed by atoms with E-state index in [-0.39, 0.29) is 52.2 Å². The van der Waals surface area contributed by atoms with E-state index in [9.17, 15) is 18.0 Å². The van der Waals surface area contributed by atoms with Crippen LogP contribution in [0.15, 0.2) is 46.7 Å². The van der Waals surface area contributed by atoms with Crippen LogP contribution in [0, 0.1) is 0 Å². The third-order valence-corrected chi connectivity index (χ3v) is 7.21. The fourth-order valence-electron chi connectivity index (χ4n) is 2.97. The molecule has 0 aliphatic carbocycles. The molecular weight excluding hydrogens is 510 g/mol. The molecule has 1 amide bonds. The molecule has 2 aromatic heterocycles. The first kappa shape index (κ1) is 27.0. The number of hydrogen-bond donors (Lipinski definition) is 2. The number of rotatable bonds is 12. The molecule has 0 fully saturated rings. The zero-order valence-corrected chi connectivity index (χ0v) is 21.4. The minimum atomic E-state index is -3.36. The van der Waals surface area contributed by atoms with Crippen molar-refractivity contribution in [2.75, 3.05) is 24.8 Å². The maximum Gasteiger partial charge on any atom is 0.309 e. The number of nitrogens with zero attached hydrogens (tertiary/aromatic N) is 2. The third kappa shape index (κ3) is 7.47. The van der Waals surface area contributed by atoms with E-state index in [1.54, 1.807) is 19.2 Å². The van der Waals surface area contributed by atoms with Gasteiger partial charge in [-0.15, -0.1) is 11.3 Å². The lowest BCUT2D eigenvalue weighted by atomic mass is 10.2. The molecule has 11 nitrogen and oxygen atoms in total. The van der Waals surface area contributed by atoms with Crippen LogP contribution in [-0.4, -0.2) is 60.9 Å². The number of aliphatic carboxylic acids is 1. The van der Waals surface area contributed by atoms with Gasteiger partial charge in [-0.05, 0) is 31.2 Å². The summed E-state index contributed by atoms with van der Waals surface area (Å²) in [6.45, 7) is 3.61. The highest BCUT2D eigenvalue weighted by Gasteiger charge is 2.17. The number of amides is 1. The standard InChI is InChI=1S/C23H25N3O8S2/c1-4-36(30,31)18-7-5-17(6-8-18)34-20-10-15(9-19(25-20)33-14(2)12-32-3)22(29)26-23-24-16(13-35-23)11-21(27)28/h5-10,13-14H,4,11-12H2,1-3H3,(H,27,28)(H,24,26,29)/t14-/m1/s1. The van der Waals surface area contributed by atoms with Crippen LogP contribution in [0.2, 0.25) is 0 Å². The third-order valence-electron chi connectivity index (χ3n) is 4.65. The average Bonchev–Trinajstić information content (AvgIpc) is 3.25. The van der Waals surface area contributed by atoms with Crippen LogP contribution >= 0.6 is 11.3 Å². The SMILES string of the molecule is CCS(=O)(=O)c1ccc(Oc2cc(C(=O)Nc3nc(CC(=O)O)cs3)cc(O[C@H](C)COC)n2)cc1. The van der Waals surface area contributed by atoms with Crippen molar-refractivity contribution in [3.05, 3.63) is 53.0 Å². The van der Waals surface area contributed by atoms with Gasteiger partial charge in [0.1, 0.15) is 11.9 Å². The number of hydrogen-bond acceptors (Lipinski definition) is 10. The zero-order chi connectivity index (χ0) is 26.3. The number of anilines is 1. The van der Waals surface area contributed by atoms with Crippen LogP contribution in [0.1, 0.15) is 29.9 Å². The van der Waals surface area contributed by atoms with Crippen molar-refractivity contribution in [2.24, 2.45) is 0 Å². The lowest BCUT2D eigenvalue weighted by Gasteiger charge is -2.15. The molecule has 0 radical (unpaired) electrons. The summed E-state index contributed by atoms with van der Waals surface area (Å²) in [5.41, 5.74) is 0.479. The Balaban J connectivity index is 1.85. The number of thiazole rings is 1. The minimum Gasteiger partial charge on any atom is -0.481 e. The summed E-state index contributed by atoms with van der Waals surface area (Å²) in [5.74, 6) is -1.13. The quantitative estimate of drug-likeness (QED) is 0.352. The number of sulfone groups is 1. The van der Waals surface area contributed by atoms with E-state index in [4.69, 9.17) is 19.3 Å². The molecule has 36 heavy (non-hydrogen) atoms. The summed E-state index contributed by atoms with van der Waals surface area (Å²) in [7, 11) is -1.83. The van der Waals surface area contributed by atoms with Crippen LogP contribution in [0.5, 0.6) is 17.5 Å². The number of ether oxygens (including phenoxy) is 3. The molecular formula is C23H25N3O8S2. The molecule has 1 aromatic carbocycles. The lowest BCUT2D eigenvalue weighted by Crippen LogP contribution is -2.19. The highest BCUT2D eigenvalue weighted by Crippen LogP contribution is 2.27. The van der Waals surface area contributed by atoms with Crippen molar-refractivity contribution in [3.63, 3.8) is 0 Å². The molecule has 2 N–H and O–H groups in total. The molecule has 0 saturated carbocycles. The fourth-order valence-corrected chi connectivity index (χ4v) is 4.56. The normalized spacial score (nSPS) is 12.1. The van der Waals surface area contributed by atoms with Gasteiger partial charge in [-0.3, -0.25) is 14.9 Å². The first-order valence-corrected chi connectivity index (χ1v) is 13.3. The highest BCUT2D eigenvalue weighted by atomic mass is 32.2. The van der Waals surface area contributed by atoms with Crippen LogP contribution in [0.4, 0.5) is 5.13 Å². The number of carboxylic acid groups (broad SMARTS) is 1. The molecule has 0 saturated heterocycles. The van der Waals surface area contributed by atoms with E-state index in [0.29, 0.717) is 11.4 Å². The van der Waals surface area contributed by atoms with Gasteiger partial charge in [0.15, 0.2) is 15.0 Å². The number of pyridine rings is 1. The van der Waals surface area contributed by atoms with Crippen LogP contribution in [0.3, 0.4) is 0 Å². The fraction of sp³-hybridized carbons (Fsp3) is 0.304. The van der Waals surface area contributed by atoms with Crippen molar-refractivity contribution in [3.8, 4) is 17.5 Å². The molecule has 2 heterocycles. The second kappa shape index (κ2) is 11.9. The highest BCUT2D eigenvalue weighted by molar-refractivity contribution is 7.91. The Labute approximate surface area is 212 Å². The average molecular weight is 536 g/mol. The van der Waals surface area contributed by atoms with Gasteiger partial charge in [-0.2, -0.15) is 4.98 Å². The van der Waals surface area contributed by atoms with Gasteiger partial charge >= 0.3 is 5.97 Å².